The summed E-state index contributed by atoms with van der Waals surface area (Å²) in [5.41, 5.74) is 0. The van der Waals surface area contributed by atoms with Gasteiger partial charge in [0, 0.05) is 0 Å². The van der Waals surface area contributed by atoms with Crippen molar-refractivity contribution < 1.29 is 20.3 Å². The van der Waals surface area contributed by atoms with Crippen LogP contribution in [0.4, 0.5) is 0 Å². The predicted octanol–water partition coefficient (Wildman–Crippen LogP) is 0.761. The fraction of sp³-hybridized carbons (Fsp3) is 1.00. The van der Waals surface area contributed by atoms with Crippen LogP contribution in [0.5, 0.6) is 0 Å². The van der Waals surface area contributed by atoms with Gasteiger partial charge in [-0.3, -0.25) is 0 Å². The van der Waals surface area contributed by atoms with Crippen molar-refractivity contribution in [3.63, 3.8) is 0 Å². The van der Waals surface area contributed by atoms with E-state index >= 15 is 0 Å². The van der Waals surface area contributed by atoms with E-state index in [0.717, 1.165) is 0 Å². The van der Waals surface area contributed by atoms with Crippen LogP contribution in [0.15, 0.2) is 0 Å². The molecule has 1 aliphatic rings. The van der Waals surface area contributed by atoms with Crippen molar-refractivity contribution in [3.8, 4) is 0 Å². The van der Waals surface area contributed by atoms with Gasteiger partial charge in [0.25, 0.3) is 0 Å². The van der Waals surface area contributed by atoms with E-state index in [-0.39, 0.29) is 20.3 Å². The topological polar surface area (TPSA) is 0 Å². The van der Waals surface area contributed by atoms with E-state index in [0.29, 0.717) is 0 Å². The molecule has 7 heteroatoms. The van der Waals surface area contributed by atoms with Gasteiger partial charge in [-0.1, -0.05) is 0 Å². The first kappa shape index (κ1) is 15.3. The SMILES string of the molecule is ClC1C(Cl)C(Cl)C(Cl)C(Cl)C1Cl.[H-].[Li+]. The number of halogens is 6. The summed E-state index contributed by atoms with van der Waals surface area (Å²) in [7, 11) is 0. The Kier molecular flexibility index (Phi) is 7.27. The summed E-state index contributed by atoms with van der Waals surface area (Å²) in [6.07, 6.45) is 0. The molecule has 0 aromatic rings. The summed E-state index contributed by atoms with van der Waals surface area (Å²) in [6.45, 7) is 0. The maximum Gasteiger partial charge on any atom is 1.00 e. The van der Waals surface area contributed by atoms with E-state index in [9.17, 15) is 0 Å². The summed E-state index contributed by atoms with van der Waals surface area (Å²) in [4.78, 5) is 0. The Balaban J connectivity index is 0. The van der Waals surface area contributed by atoms with E-state index in [1.807, 2.05) is 0 Å². The molecule has 0 radical (unpaired) electrons. The molecule has 13 heavy (non-hydrogen) atoms. The van der Waals surface area contributed by atoms with E-state index in [2.05, 4.69) is 0 Å². The molecule has 0 aliphatic heterocycles. The van der Waals surface area contributed by atoms with Crippen LogP contribution in [0.25, 0.3) is 0 Å². The van der Waals surface area contributed by atoms with E-state index in [1.54, 1.807) is 0 Å². The van der Waals surface area contributed by atoms with Gasteiger partial charge in [0.15, 0.2) is 0 Å². The predicted molar refractivity (Wildman–Crippen MR) is 59.0 cm³/mol. The molecule has 1 rings (SSSR count). The molecule has 0 unspecified atom stereocenters. The average Bonchev–Trinajstić information content (AvgIpc) is 2.08. The Bertz CT molecular complexity index is 114. The number of hydrogen-bond acceptors (Lipinski definition) is 0. The minimum absolute atomic E-state index is 0. The van der Waals surface area contributed by atoms with Gasteiger partial charge in [0.2, 0.25) is 0 Å². The number of hydrogen-bond donors (Lipinski definition) is 0. The van der Waals surface area contributed by atoms with Gasteiger partial charge in [-0.15, -0.1) is 69.6 Å². The van der Waals surface area contributed by atoms with Crippen molar-refractivity contribution in [3.05, 3.63) is 0 Å². The first-order chi connectivity index (χ1) is 5.46. The zero-order valence-electron chi connectivity index (χ0n) is 7.73. The molecule has 0 heterocycles. The molecule has 0 spiro atoms. The van der Waals surface area contributed by atoms with Crippen LogP contribution in [-0.2, 0) is 0 Å². The van der Waals surface area contributed by atoms with Crippen LogP contribution in [0.1, 0.15) is 1.43 Å². The molecule has 1 saturated carbocycles. The summed E-state index contributed by atoms with van der Waals surface area (Å²) in [5.74, 6) is 0. The average molecular weight is 299 g/mol. The fourth-order valence-electron chi connectivity index (χ4n) is 1.05. The molecule has 1 fully saturated rings. The molecule has 0 aromatic heterocycles. The molecule has 0 bridgehead atoms. The van der Waals surface area contributed by atoms with Crippen molar-refractivity contribution in [2.24, 2.45) is 0 Å². The standard InChI is InChI=1S/C6H6Cl6.Li.H/c7-1-2(8)4(10)6(12)5(11)3(1)9;;/h1-6H;;/q;+1;-1. The van der Waals surface area contributed by atoms with Crippen molar-refractivity contribution in [2.75, 3.05) is 0 Å². The Morgan fingerprint density at radius 2 is 0.538 bits per heavy atom. The Hall–Kier alpha value is 2.34. The van der Waals surface area contributed by atoms with E-state index < -0.39 is 32.3 Å². The first-order valence-electron chi connectivity index (χ1n) is 3.31. The molecular formula is C6H7Cl6Li. The van der Waals surface area contributed by atoms with Crippen LogP contribution in [0.2, 0.25) is 0 Å². The van der Waals surface area contributed by atoms with Crippen molar-refractivity contribution in [1.82, 2.24) is 0 Å². The smallest absolute Gasteiger partial charge is 1.00 e. The number of rotatable bonds is 0. The molecule has 0 N–H and O–H groups in total. The molecule has 0 amide bonds. The van der Waals surface area contributed by atoms with Crippen LogP contribution in [0.3, 0.4) is 0 Å². The summed E-state index contributed by atoms with van der Waals surface area (Å²) in [5, 5.41) is -2.62. The number of alkyl halides is 6. The third-order valence-corrected chi connectivity index (χ3v) is 5.86. The zero-order chi connectivity index (χ0) is 9.46. The molecular weight excluding hydrogens is 292 g/mol. The minimum atomic E-state index is -0.437. The Morgan fingerprint density at radius 1 is 0.462 bits per heavy atom. The largest absolute Gasteiger partial charge is 1.00 e. The molecule has 0 saturated heterocycles. The maximum absolute atomic E-state index is 5.88. The van der Waals surface area contributed by atoms with Gasteiger partial charge >= 0.3 is 18.9 Å². The van der Waals surface area contributed by atoms with Crippen molar-refractivity contribution in [1.29, 1.82) is 0 Å². The van der Waals surface area contributed by atoms with Gasteiger partial charge in [0.1, 0.15) is 0 Å². The van der Waals surface area contributed by atoms with Gasteiger partial charge in [-0.25, -0.2) is 0 Å². The van der Waals surface area contributed by atoms with Gasteiger partial charge in [0.05, 0.1) is 32.3 Å². The molecule has 74 valence electrons. The molecule has 0 nitrogen and oxygen atoms in total. The van der Waals surface area contributed by atoms with Crippen LogP contribution >= 0.6 is 69.6 Å². The summed E-state index contributed by atoms with van der Waals surface area (Å²) in [6, 6.07) is 0. The third-order valence-electron chi connectivity index (χ3n) is 1.83. The zero-order valence-corrected chi connectivity index (χ0v) is 11.3. The second-order valence-corrected chi connectivity index (χ2v) is 5.69. The molecule has 0 aromatic carbocycles. The summed E-state index contributed by atoms with van der Waals surface area (Å²) < 4.78 is 0. The van der Waals surface area contributed by atoms with Crippen LogP contribution in [-0.4, -0.2) is 32.3 Å². The molecule has 0 atom stereocenters. The van der Waals surface area contributed by atoms with Gasteiger partial charge in [-0.05, 0) is 0 Å². The van der Waals surface area contributed by atoms with Gasteiger partial charge < -0.3 is 1.43 Å². The second kappa shape index (κ2) is 6.17. The Labute approximate surface area is 121 Å². The van der Waals surface area contributed by atoms with Crippen molar-refractivity contribution >= 4 is 69.6 Å². The van der Waals surface area contributed by atoms with Gasteiger partial charge in [-0.2, -0.15) is 0 Å². The second-order valence-electron chi connectivity index (χ2n) is 2.67. The molecule has 1 aliphatic carbocycles. The normalized spacial score (nSPS) is 51.2. The van der Waals surface area contributed by atoms with Crippen LogP contribution < -0.4 is 18.9 Å². The third kappa shape index (κ3) is 3.15. The fourth-order valence-corrected chi connectivity index (χ4v) is 3.38. The van der Waals surface area contributed by atoms with Crippen LogP contribution in [0, 0.1) is 0 Å². The maximum atomic E-state index is 5.88. The van der Waals surface area contributed by atoms with E-state index in [1.165, 1.54) is 0 Å². The minimum Gasteiger partial charge on any atom is -1.00 e. The Morgan fingerprint density at radius 3 is 0.615 bits per heavy atom. The van der Waals surface area contributed by atoms with Crippen molar-refractivity contribution in [2.45, 2.75) is 32.3 Å². The quantitative estimate of drug-likeness (QED) is 0.458. The van der Waals surface area contributed by atoms with E-state index in [4.69, 9.17) is 69.6 Å². The first-order valence-corrected chi connectivity index (χ1v) is 5.93. The monoisotopic (exact) mass is 296 g/mol. The summed E-state index contributed by atoms with van der Waals surface area (Å²) >= 11 is 35.3.